The Morgan fingerprint density at radius 2 is 1.19 bits per heavy atom. The number of amides is 2. The van der Waals surface area contributed by atoms with Crippen LogP contribution < -0.4 is 14.8 Å². The molecule has 3 rings (SSSR count). The Bertz CT molecular complexity index is 1660. The maximum atomic E-state index is 13.5. The van der Waals surface area contributed by atoms with E-state index in [4.69, 9.17) is 28.4 Å². The molecule has 0 spiro atoms. The van der Waals surface area contributed by atoms with Crippen LogP contribution in [-0.4, -0.2) is 84.3 Å². The summed E-state index contributed by atoms with van der Waals surface area (Å²) in [6.07, 6.45) is 1.25. The minimum atomic E-state index is -0.649. The fourth-order valence-corrected chi connectivity index (χ4v) is 6.59. The molecule has 1 heterocycles. The molecule has 0 radical (unpaired) electrons. The molecule has 1 N–H and O–H groups in total. The second kappa shape index (κ2) is 20.5. The molecule has 58 heavy (non-hydrogen) atoms. The van der Waals surface area contributed by atoms with Crippen molar-refractivity contribution in [1.82, 2.24) is 10.2 Å². The van der Waals surface area contributed by atoms with Gasteiger partial charge in [-0.2, -0.15) is 0 Å². The average molecular weight is 811 g/mol. The Morgan fingerprint density at radius 1 is 0.690 bits per heavy atom. The Hall–Kier alpha value is -4.48. The summed E-state index contributed by atoms with van der Waals surface area (Å²) < 4.78 is 34.8. The Balaban J connectivity index is 1.61. The van der Waals surface area contributed by atoms with Gasteiger partial charge in [0.15, 0.2) is 0 Å². The summed E-state index contributed by atoms with van der Waals surface area (Å²) in [4.78, 5) is 53.6. The zero-order chi connectivity index (χ0) is 43.5. The number of carbonyl (C=O) groups is 4. The number of likely N-dealkylation sites (tertiary alicyclic amines) is 1. The second-order valence-corrected chi connectivity index (χ2v) is 19.3. The normalized spacial score (nSPS) is 16.4. The highest BCUT2D eigenvalue weighted by Crippen LogP contribution is 2.32. The monoisotopic (exact) mass is 811 g/mol. The Labute approximate surface area is 347 Å². The van der Waals surface area contributed by atoms with Gasteiger partial charge in [-0.15, -0.1) is 0 Å². The molecule has 12 nitrogen and oxygen atoms in total. The summed E-state index contributed by atoms with van der Waals surface area (Å²) in [6, 6.07) is 15.3. The highest BCUT2D eigenvalue weighted by atomic mass is 16.6. The van der Waals surface area contributed by atoms with E-state index in [2.05, 4.69) is 5.32 Å². The van der Waals surface area contributed by atoms with Crippen LogP contribution in [0.25, 0.3) is 0 Å². The lowest BCUT2D eigenvalue weighted by molar-refractivity contribution is -0.163. The molecule has 2 aromatic rings. The number of rotatable bonds is 16. The van der Waals surface area contributed by atoms with Crippen LogP contribution in [0.1, 0.15) is 114 Å². The van der Waals surface area contributed by atoms with Gasteiger partial charge >= 0.3 is 24.1 Å². The maximum Gasteiger partial charge on any atom is 0.410 e. The zero-order valence-electron chi connectivity index (χ0n) is 37.3. The van der Waals surface area contributed by atoms with E-state index >= 15 is 0 Å². The number of esters is 2. The molecular weight excluding hydrogens is 741 g/mol. The van der Waals surface area contributed by atoms with Gasteiger partial charge in [0.1, 0.15) is 47.1 Å². The van der Waals surface area contributed by atoms with Crippen LogP contribution in [0.15, 0.2) is 48.5 Å². The SMILES string of the molecule is C[C@H](CCNC(=O)OC(C)(C)C)[C@H](Cc1cccc(OCCOc2cccc(C[C@H](C(=O)OC(C)(C)C)[C@H]3CCN(C(=O)OC(C)(C)C)C3)c2)c1)C(=O)OC(C)(C)C. The lowest BCUT2D eigenvalue weighted by Crippen LogP contribution is -2.38. The summed E-state index contributed by atoms with van der Waals surface area (Å²) >= 11 is 0. The van der Waals surface area contributed by atoms with Crippen molar-refractivity contribution >= 4 is 24.1 Å². The summed E-state index contributed by atoms with van der Waals surface area (Å²) in [5.74, 6) is -0.357. The van der Waals surface area contributed by atoms with Gasteiger partial charge in [0.25, 0.3) is 0 Å². The number of carbonyl (C=O) groups excluding carboxylic acids is 4. The van der Waals surface area contributed by atoms with Crippen molar-refractivity contribution in [2.75, 3.05) is 32.8 Å². The predicted molar refractivity (Wildman–Crippen MR) is 224 cm³/mol. The molecule has 2 aromatic carbocycles. The molecule has 1 fully saturated rings. The van der Waals surface area contributed by atoms with Gasteiger partial charge in [-0.05, 0) is 156 Å². The first-order chi connectivity index (χ1) is 26.8. The minimum absolute atomic E-state index is 0.0834. The quantitative estimate of drug-likeness (QED) is 0.0993. The van der Waals surface area contributed by atoms with E-state index in [0.29, 0.717) is 56.8 Å². The average Bonchev–Trinajstić information content (AvgIpc) is 3.56. The van der Waals surface area contributed by atoms with Gasteiger partial charge < -0.3 is 38.6 Å². The number of hydrogen-bond acceptors (Lipinski definition) is 10. The van der Waals surface area contributed by atoms with Crippen molar-refractivity contribution < 1.29 is 47.6 Å². The lowest BCUT2D eigenvalue weighted by Gasteiger charge is -2.28. The van der Waals surface area contributed by atoms with Crippen LogP contribution in [0.4, 0.5) is 9.59 Å². The van der Waals surface area contributed by atoms with E-state index in [9.17, 15) is 19.2 Å². The van der Waals surface area contributed by atoms with Crippen LogP contribution >= 0.6 is 0 Å². The first-order valence-corrected chi connectivity index (χ1v) is 20.6. The Kier molecular flexibility index (Phi) is 16.9. The van der Waals surface area contributed by atoms with Crippen LogP contribution in [0.3, 0.4) is 0 Å². The van der Waals surface area contributed by atoms with Crippen LogP contribution in [-0.2, 0) is 41.4 Å². The summed E-state index contributed by atoms with van der Waals surface area (Å²) in [5.41, 5.74) is -0.651. The predicted octanol–water partition coefficient (Wildman–Crippen LogP) is 8.95. The molecule has 1 saturated heterocycles. The van der Waals surface area contributed by atoms with Crippen molar-refractivity contribution in [2.24, 2.45) is 23.7 Å². The molecule has 0 aromatic heterocycles. The van der Waals surface area contributed by atoms with Crippen LogP contribution in [0.2, 0.25) is 0 Å². The molecule has 1 aliphatic rings. The van der Waals surface area contributed by atoms with Crippen molar-refractivity contribution in [3.8, 4) is 11.5 Å². The Morgan fingerprint density at radius 3 is 1.71 bits per heavy atom. The van der Waals surface area contributed by atoms with Crippen LogP contribution in [0.5, 0.6) is 11.5 Å². The smallest absolute Gasteiger partial charge is 0.410 e. The van der Waals surface area contributed by atoms with Crippen molar-refractivity contribution in [2.45, 2.75) is 138 Å². The van der Waals surface area contributed by atoms with Gasteiger partial charge in [0.2, 0.25) is 0 Å². The molecule has 324 valence electrons. The van der Waals surface area contributed by atoms with Crippen molar-refractivity contribution in [3.05, 3.63) is 59.7 Å². The number of nitrogens with one attached hydrogen (secondary N) is 1. The summed E-state index contributed by atoms with van der Waals surface area (Å²) in [7, 11) is 0. The molecule has 0 aliphatic carbocycles. The lowest BCUT2D eigenvalue weighted by atomic mass is 9.85. The topological polar surface area (TPSA) is 139 Å². The fraction of sp³-hybridized carbons (Fsp3) is 0.652. The van der Waals surface area contributed by atoms with Crippen molar-refractivity contribution in [3.63, 3.8) is 0 Å². The van der Waals surface area contributed by atoms with Gasteiger partial charge in [-0.3, -0.25) is 9.59 Å². The second-order valence-electron chi connectivity index (χ2n) is 19.3. The van der Waals surface area contributed by atoms with Crippen LogP contribution in [0, 0.1) is 23.7 Å². The molecule has 4 atom stereocenters. The third-order valence-corrected chi connectivity index (χ3v) is 9.15. The highest BCUT2D eigenvalue weighted by Gasteiger charge is 2.39. The van der Waals surface area contributed by atoms with Gasteiger partial charge in [-0.1, -0.05) is 31.2 Å². The molecule has 12 heteroatoms. The minimum Gasteiger partial charge on any atom is -0.490 e. The number of ether oxygens (including phenoxy) is 6. The molecule has 2 amide bonds. The molecule has 0 saturated carbocycles. The van der Waals surface area contributed by atoms with E-state index in [-0.39, 0.29) is 43.1 Å². The third kappa shape index (κ3) is 18.0. The summed E-state index contributed by atoms with van der Waals surface area (Å²) in [5, 5.41) is 2.79. The van der Waals surface area contributed by atoms with Gasteiger partial charge in [0, 0.05) is 19.6 Å². The standard InChI is InChI=1S/C46H70N2O10/c1-31(20-22-47-41(51)57-45(8,9)10)37(39(49)55-43(2,3)4)28-32-16-14-18-35(26-32)53-24-25-54-36-19-15-17-33(27-36)29-38(40(50)56-44(5,6)7)34-21-23-48(30-34)42(52)58-46(11,12)13/h14-19,26-27,31,34,37-38H,20-25,28-30H2,1-13H3,(H,47,51)/t31-,34+,37+,38+/m1/s1. The van der Waals surface area contributed by atoms with E-state index < -0.39 is 40.3 Å². The van der Waals surface area contributed by atoms with E-state index in [0.717, 1.165) is 11.1 Å². The maximum absolute atomic E-state index is 13.5. The molecule has 0 bridgehead atoms. The number of hydrogen-bond donors (Lipinski definition) is 1. The molecule has 0 unspecified atom stereocenters. The molecular formula is C46H70N2O10. The fourth-order valence-electron chi connectivity index (χ4n) is 6.59. The summed E-state index contributed by atoms with van der Waals surface area (Å²) in [6.45, 7) is 25.9. The third-order valence-electron chi connectivity index (χ3n) is 9.15. The van der Waals surface area contributed by atoms with Gasteiger partial charge in [-0.25, -0.2) is 9.59 Å². The zero-order valence-corrected chi connectivity index (χ0v) is 37.3. The highest BCUT2D eigenvalue weighted by molar-refractivity contribution is 5.75. The van der Waals surface area contributed by atoms with Gasteiger partial charge in [0.05, 0.1) is 11.8 Å². The van der Waals surface area contributed by atoms with E-state index in [1.165, 1.54) is 0 Å². The molecule has 1 aliphatic heterocycles. The van der Waals surface area contributed by atoms with E-state index in [1.807, 2.05) is 139 Å². The van der Waals surface area contributed by atoms with E-state index in [1.54, 1.807) is 4.90 Å². The number of nitrogens with zero attached hydrogens (tertiary/aromatic N) is 1. The first-order valence-electron chi connectivity index (χ1n) is 20.6. The largest absolute Gasteiger partial charge is 0.490 e. The number of benzene rings is 2. The first kappa shape index (κ1) is 47.9. The van der Waals surface area contributed by atoms with Crippen molar-refractivity contribution in [1.29, 1.82) is 0 Å². The number of alkyl carbamates (subject to hydrolysis) is 1.